The average Bonchev–Trinajstić information content (AvgIpc) is 3.49. The van der Waals surface area contributed by atoms with Gasteiger partial charge in [-0.1, -0.05) is 17.7 Å². The monoisotopic (exact) mass is 429 g/mol. The van der Waals surface area contributed by atoms with Gasteiger partial charge in [-0.2, -0.15) is 4.98 Å². The highest BCUT2D eigenvalue weighted by molar-refractivity contribution is 6.30. The summed E-state index contributed by atoms with van der Waals surface area (Å²) < 4.78 is 26.5. The second kappa shape index (κ2) is 8.36. The van der Waals surface area contributed by atoms with Gasteiger partial charge in [-0.05, 0) is 55.2 Å². The smallest absolute Gasteiger partial charge is 0.316 e. The second-order valence-corrected chi connectivity index (χ2v) is 7.70. The molecule has 0 radical (unpaired) electrons. The fourth-order valence-electron chi connectivity index (χ4n) is 3.04. The fraction of sp³-hybridized carbons (Fsp3) is 0.273. The van der Waals surface area contributed by atoms with Crippen molar-refractivity contribution in [2.75, 3.05) is 12.4 Å². The van der Waals surface area contributed by atoms with Crippen molar-refractivity contribution in [2.45, 2.75) is 32.4 Å². The van der Waals surface area contributed by atoms with Crippen LogP contribution in [0.3, 0.4) is 0 Å². The molecule has 1 aliphatic rings. The molecule has 1 N–H and O–H groups in total. The second-order valence-electron chi connectivity index (χ2n) is 7.26. The minimum Gasteiger partial charge on any atom is -0.490 e. The molecule has 0 saturated heterocycles. The van der Waals surface area contributed by atoms with Gasteiger partial charge in [0.25, 0.3) is 0 Å². The molecule has 0 amide bonds. The summed E-state index contributed by atoms with van der Waals surface area (Å²) in [4.78, 5) is 16.4. The van der Waals surface area contributed by atoms with Crippen molar-refractivity contribution in [3.05, 3.63) is 74.9 Å². The molecule has 0 unspecified atom stereocenters. The van der Waals surface area contributed by atoms with Crippen LogP contribution in [0.5, 0.6) is 11.5 Å². The highest BCUT2D eigenvalue weighted by Gasteiger charge is 2.23. The first-order chi connectivity index (χ1) is 14.4. The van der Waals surface area contributed by atoms with E-state index in [0.717, 1.165) is 29.8 Å². The number of nitrogens with one attached hydrogen (secondary N) is 1. The van der Waals surface area contributed by atoms with Gasteiger partial charge in [0.05, 0.1) is 26.0 Å². The van der Waals surface area contributed by atoms with E-state index in [1.807, 2.05) is 25.1 Å². The number of methoxy groups -OCH3 is 1. The van der Waals surface area contributed by atoms with E-state index in [2.05, 4.69) is 10.3 Å². The van der Waals surface area contributed by atoms with Crippen LogP contribution in [0.4, 0.5) is 16.0 Å². The first kappa shape index (κ1) is 20.2. The lowest BCUT2D eigenvalue weighted by molar-refractivity contribution is 0.303. The number of aryl methyl sites for hydroxylation is 1. The van der Waals surface area contributed by atoms with Gasteiger partial charge in [0.15, 0.2) is 0 Å². The number of benzene rings is 2. The predicted molar refractivity (Wildman–Crippen MR) is 114 cm³/mol. The highest BCUT2D eigenvalue weighted by atomic mass is 35.5. The maximum atomic E-state index is 13.8. The third-order valence-corrected chi connectivity index (χ3v) is 4.96. The maximum Gasteiger partial charge on any atom is 0.316 e. The Bertz CT molecular complexity index is 1120. The average molecular weight is 430 g/mol. The largest absolute Gasteiger partial charge is 0.490 e. The molecule has 6 nitrogen and oxygen atoms in total. The third kappa shape index (κ3) is 4.74. The Morgan fingerprint density at radius 2 is 2.07 bits per heavy atom. The Kier molecular flexibility index (Phi) is 5.63. The van der Waals surface area contributed by atoms with Crippen molar-refractivity contribution >= 4 is 23.2 Å². The molecule has 156 valence electrons. The molecule has 0 atom stereocenters. The summed E-state index contributed by atoms with van der Waals surface area (Å²) in [5, 5.41) is 3.50. The topological polar surface area (TPSA) is 65.4 Å². The van der Waals surface area contributed by atoms with Gasteiger partial charge >= 0.3 is 5.56 Å². The van der Waals surface area contributed by atoms with Crippen LogP contribution in [0, 0.1) is 12.7 Å². The van der Waals surface area contributed by atoms with E-state index in [9.17, 15) is 9.18 Å². The molecule has 2 aromatic carbocycles. The van der Waals surface area contributed by atoms with E-state index in [1.165, 1.54) is 25.4 Å². The number of ether oxygens (including phenoxy) is 2. The van der Waals surface area contributed by atoms with Gasteiger partial charge in [-0.15, -0.1) is 0 Å². The van der Waals surface area contributed by atoms with Gasteiger partial charge in [0.2, 0.25) is 11.7 Å². The molecule has 1 fully saturated rings. The lowest BCUT2D eigenvalue weighted by Gasteiger charge is -2.17. The van der Waals surface area contributed by atoms with Crippen LogP contribution < -0.4 is 20.3 Å². The third-order valence-electron chi connectivity index (χ3n) is 4.74. The molecule has 1 saturated carbocycles. The molecule has 1 heterocycles. The number of anilines is 2. The molecule has 0 aliphatic heterocycles. The van der Waals surface area contributed by atoms with E-state index < -0.39 is 11.4 Å². The number of hydrogen-bond acceptors (Lipinski definition) is 5. The molecule has 30 heavy (non-hydrogen) atoms. The summed E-state index contributed by atoms with van der Waals surface area (Å²) in [6.45, 7) is 2.18. The van der Waals surface area contributed by atoms with Gasteiger partial charge in [0, 0.05) is 16.8 Å². The molecule has 8 heteroatoms. The van der Waals surface area contributed by atoms with Crippen molar-refractivity contribution in [3.8, 4) is 11.5 Å². The Hall–Kier alpha value is -3.06. The van der Waals surface area contributed by atoms with Crippen molar-refractivity contribution in [2.24, 2.45) is 0 Å². The zero-order valence-corrected chi connectivity index (χ0v) is 17.4. The van der Waals surface area contributed by atoms with Crippen LogP contribution in [0.15, 0.2) is 47.4 Å². The van der Waals surface area contributed by atoms with Crippen molar-refractivity contribution in [1.29, 1.82) is 0 Å². The first-order valence-corrected chi connectivity index (χ1v) is 9.94. The van der Waals surface area contributed by atoms with Gasteiger partial charge in [0.1, 0.15) is 11.6 Å². The molecular weight excluding hydrogens is 409 g/mol. The van der Waals surface area contributed by atoms with Crippen LogP contribution in [-0.4, -0.2) is 22.8 Å². The normalized spacial score (nSPS) is 13.2. The standard InChI is InChI=1S/C22H21ClFN3O3/c1-13-3-4-18(30-17-5-6-17)10-19(13)25-22-26-21(28)20(29-2)12-27(22)11-14-7-15(23)9-16(24)8-14/h3-4,7-10,12,17H,5-6,11H2,1-2H3,(H,25,26,28). The number of halogens is 2. The zero-order valence-electron chi connectivity index (χ0n) is 16.6. The molecule has 3 aromatic rings. The van der Waals surface area contributed by atoms with Crippen LogP contribution >= 0.6 is 11.6 Å². The molecule has 1 aromatic heterocycles. The lowest BCUT2D eigenvalue weighted by atomic mass is 10.2. The number of rotatable bonds is 7. The highest BCUT2D eigenvalue weighted by Crippen LogP contribution is 2.30. The van der Waals surface area contributed by atoms with Crippen molar-refractivity contribution in [3.63, 3.8) is 0 Å². The Morgan fingerprint density at radius 3 is 2.77 bits per heavy atom. The molecule has 0 bridgehead atoms. The van der Waals surface area contributed by atoms with E-state index in [1.54, 1.807) is 10.6 Å². The van der Waals surface area contributed by atoms with Crippen LogP contribution in [-0.2, 0) is 6.54 Å². The Balaban J connectivity index is 1.70. The fourth-order valence-corrected chi connectivity index (χ4v) is 3.28. The minimum atomic E-state index is -0.503. The lowest BCUT2D eigenvalue weighted by Crippen LogP contribution is -2.19. The quantitative estimate of drug-likeness (QED) is 0.590. The predicted octanol–water partition coefficient (Wildman–Crippen LogP) is 4.69. The number of hydrogen-bond donors (Lipinski definition) is 1. The first-order valence-electron chi connectivity index (χ1n) is 9.56. The Labute approximate surface area is 178 Å². The van der Waals surface area contributed by atoms with Gasteiger partial charge < -0.3 is 19.4 Å². The number of aromatic nitrogens is 2. The van der Waals surface area contributed by atoms with Crippen LogP contribution in [0.2, 0.25) is 5.02 Å². The molecular formula is C22H21ClFN3O3. The molecule has 4 rings (SSSR count). The zero-order chi connectivity index (χ0) is 21.3. The Morgan fingerprint density at radius 1 is 1.27 bits per heavy atom. The van der Waals surface area contributed by atoms with E-state index in [-0.39, 0.29) is 18.4 Å². The maximum absolute atomic E-state index is 13.8. The summed E-state index contributed by atoms with van der Waals surface area (Å²) in [5.41, 5.74) is 1.84. The molecule has 1 aliphatic carbocycles. The van der Waals surface area contributed by atoms with Crippen molar-refractivity contribution in [1.82, 2.24) is 9.55 Å². The molecule has 0 spiro atoms. The summed E-state index contributed by atoms with van der Waals surface area (Å²) >= 11 is 5.99. The van der Waals surface area contributed by atoms with Gasteiger partial charge in [-0.3, -0.25) is 4.79 Å². The number of nitrogens with zero attached hydrogens (tertiary/aromatic N) is 2. The van der Waals surface area contributed by atoms with E-state index in [4.69, 9.17) is 21.1 Å². The summed E-state index contributed by atoms with van der Waals surface area (Å²) in [7, 11) is 1.40. The SMILES string of the molecule is COc1cn(Cc2cc(F)cc(Cl)c2)c(Nc2cc(OC3CC3)ccc2C)nc1=O. The van der Waals surface area contributed by atoms with Crippen LogP contribution in [0.1, 0.15) is 24.0 Å². The van der Waals surface area contributed by atoms with E-state index in [0.29, 0.717) is 16.5 Å². The summed E-state index contributed by atoms with van der Waals surface area (Å²) in [5.74, 6) is 0.706. The van der Waals surface area contributed by atoms with Crippen molar-refractivity contribution < 1.29 is 13.9 Å². The van der Waals surface area contributed by atoms with Gasteiger partial charge in [-0.25, -0.2) is 4.39 Å². The summed E-state index contributed by atoms with van der Waals surface area (Å²) in [6, 6.07) is 10.0. The van der Waals surface area contributed by atoms with Crippen LogP contribution in [0.25, 0.3) is 0 Å². The minimum absolute atomic E-state index is 0.0885. The van der Waals surface area contributed by atoms with E-state index >= 15 is 0 Å². The summed E-state index contributed by atoms with van der Waals surface area (Å²) in [6.07, 6.45) is 3.94.